The number of benzene rings is 1. The predicted octanol–water partition coefficient (Wildman–Crippen LogP) is 4.56. The topological polar surface area (TPSA) is 20.2 Å². The van der Waals surface area contributed by atoms with Crippen LogP contribution in [0, 0.1) is 0 Å². The molecule has 2 rings (SSSR count). The molecule has 0 atom stereocenters. The van der Waals surface area contributed by atoms with Crippen LogP contribution in [-0.4, -0.2) is 5.11 Å². The zero-order valence-corrected chi connectivity index (χ0v) is 10.4. The molecule has 1 heteroatoms. The monoisotopic (exact) mass is 218 g/mol. The second-order valence-electron chi connectivity index (χ2n) is 5.31. The van der Waals surface area contributed by atoms with E-state index in [9.17, 15) is 5.11 Å². The summed E-state index contributed by atoms with van der Waals surface area (Å²) in [5.41, 5.74) is 2.53. The Morgan fingerprint density at radius 1 is 1.12 bits per heavy atom. The molecule has 0 heterocycles. The number of rotatable bonds is 2. The number of hydrogen-bond donors (Lipinski definition) is 1. The van der Waals surface area contributed by atoms with Gasteiger partial charge in [0.1, 0.15) is 5.75 Å². The van der Waals surface area contributed by atoms with E-state index in [1.165, 1.54) is 37.7 Å². The third-order valence-electron chi connectivity index (χ3n) is 3.75. The van der Waals surface area contributed by atoms with E-state index in [1.54, 1.807) is 0 Å². The van der Waals surface area contributed by atoms with Crippen molar-refractivity contribution >= 4 is 0 Å². The molecule has 1 saturated carbocycles. The molecular formula is C15H22O. The van der Waals surface area contributed by atoms with Crippen LogP contribution in [0.5, 0.6) is 5.75 Å². The highest BCUT2D eigenvalue weighted by molar-refractivity contribution is 5.39. The van der Waals surface area contributed by atoms with Gasteiger partial charge >= 0.3 is 0 Å². The van der Waals surface area contributed by atoms with Gasteiger partial charge in [-0.05, 0) is 41.9 Å². The molecule has 0 radical (unpaired) electrons. The Bertz CT molecular complexity index is 348. The van der Waals surface area contributed by atoms with Crippen LogP contribution in [0.1, 0.15) is 68.9 Å². The number of hydrogen-bond acceptors (Lipinski definition) is 1. The van der Waals surface area contributed by atoms with E-state index in [0.717, 1.165) is 11.5 Å². The first-order valence-electron chi connectivity index (χ1n) is 6.51. The SMILES string of the molecule is CC(C)c1cc(C2CCCCC2)ccc1O. The summed E-state index contributed by atoms with van der Waals surface area (Å²) < 4.78 is 0. The van der Waals surface area contributed by atoms with Crippen molar-refractivity contribution in [2.75, 3.05) is 0 Å². The van der Waals surface area contributed by atoms with Gasteiger partial charge in [-0.1, -0.05) is 45.2 Å². The molecule has 1 aromatic carbocycles. The lowest BCUT2D eigenvalue weighted by Gasteiger charge is -2.23. The van der Waals surface area contributed by atoms with Gasteiger partial charge in [-0.25, -0.2) is 0 Å². The fraction of sp³-hybridized carbons (Fsp3) is 0.600. The molecule has 0 aromatic heterocycles. The average molecular weight is 218 g/mol. The average Bonchev–Trinajstić information content (AvgIpc) is 2.30. The normalized spacial score (nSPS) is 17.9. The molecule has 16 heavy (non-hydrogen) atoms. The Morgan fingerprint density at radius 2 is 1.81 bits per heavy atom. The Hall–Kier alpha value is -0.980. The third-order valence-corrected chi connectivity index (χ3v) is 3.75. The van der Waals surface area contributed by atoms with Crippen molar-refractivity contribution in [3.05, 3.63) is 29.3 Å². The van der Waals surface area contributed by atoms with Crippen molar-refractivity contribution < 1.29 is 5.11 Å². The highest BCUT2D eigenvalue weighted by atomic mass is 16.3. The molecule has 1 nitrogen and oxygen atoms in total. The first-order valence-corrected chi connectivity index (χ1v) is 6.51. The molecule has 88 valence electrons. The molecule has 0 bridgehead atoms. The molecule has 0 aliphatic heterocycles. The quantitative estimate of drug-likeness (QED) is 0.771. The van der Waals surface area contributed by atoms with Crippen molar-refractivity contribution in [2.24, 2.45) is 0 Å². The molecule has 1 N–H and O–H groups in total. The fourth-order valence-corrected chi connectivity index (χ4v) is 2.73. The van der Waals surface area contributed by atoms with Gasteiger partial charge in [-0.2, -0.15) is 0 Å². The highest BCUT2D eigenvalue weighted by Gasteiger charge is 2.17. The van der Waals surface area contributed by atoms with Gasteiger partial charge in [0.05, 0.1) is 0 Å². The van der Waals surface area contributed by atoms with Crippen LogP contribution in [-0.2, 0) is 0 Å². The lowest BCUT2D eigenvalue weighted by molar-refractivity contribution is 0.440. The Morgan fingerprint density at radius 3 is 2.44 bits per heavy atom. The lowest BCUT2D eigenvalue weighted by atomic mass is 9.83. The Kier molecular flexibility index (Phi) is 3.52. The summed E-state index contributed by atoms with van der Waals surface area (Å²) in [6.45, 7) is 4.28. The molecule has 1 aliphatic carbocycles. The first-order chi connectivity index (χ1) is 7.68. The van der Waals surface area contributed by atoms with Gasteiger partial charge in [0.2, 0.25) is 0 Å². The summed E-state index contributed by atoms with van der Waals surface area (Å²) in [5, 5.41) is 9.80. The van der Waals surface area contributed by atoms with Crippen LogP contribution in [0.25, 0.3) is 0 Å². The Labute approximate surface area is 98.5 Å². The minimum absolute atomic E-state index is 0.406. The van der Waals surface area contributed by atoms with Gasteiger partial charge in [0.25, 0.3) is 0 Å². The van der Waals surface area contributed by atoms with Crippen LogP contribution in [0.4, 0.5) is 0 Å². The second-order valence-corrected chi connectivity index (χ2v) is 5.31. The van der Waals surface area contributed by atoms with Gasteiger partial charge in [0.15, 0.2) is 0 Å². The lowest BCUT2D eigenvalue weighted by Crippen LogP contribution is -2.05. The van der Waals surface area contributed by atoms with Crippen LogP contribution < -0.4 is 0 Å². The summed E-state index contributed by atoms with van der Waals surface area (Å²) >= 11 is 0. The standard InChI is InChI=1S/C15H22O/c1-11(2)14-10-13(8-9-15(14)16)12-6-4-3-5-7-12/h8-12,16H,3-7H2,1-2H3. The maximum absolute atomic E-state index is 9.80. The van der Waals surface area contributed by atoms with E-state index in [4.69, 9.17) is 0 Å². The molecule has 0 saturated heterocycles. The van der Waals surface area contributed by atoms with Crippen molar-refractivity contribution in [1.29, 1.82) is 0 Å². The van der Waals surface area contributed by atoms with E-state index >= 15 is 0 Å². The number of phenolic OH excluding ortho intramolecular Hbond substituents is 1. The largest absolute Gasteiger partial charge is 0.508 e. The van der Waals surface area contributed by atoms with E-state index < -0.39 is 0 Å². The minimum atomic E-state index is 0.406. The van der Waals surface area contributed by atoms with Crippen LogP contribution in [0.3, 0.4) is 0 Å². The molecule has 0 amide bonds. The molecule has 0 unspecified atom stereocenters. The van der Waals surface area contributed by atoms with Crippen LogP contribution >= 0.6 is 0 Å². The van der Waals surface area contributed by atoms with Gasteiger partial charge in [-0.3, -0.25) is 0 Å². The van der Waals surface area contributed by atoms with Gasteiger partial charge < -0.3 is 5.11 Å². The van der Waals surface area contributed by atoms with E-state index in [-0.39, 0.29) is 0 Å². The van der Waals surface area contributed by atoms with Gasteiger partial charge in [-0.15, -0.1) is 0 Å². The van der Waals surface area contributed by atoms with Crippen molar-refractivity contribution in [2.45, 2.75) is 57.8 Å². The van der Waals surface area contributed by atoms with Crippen LogP contribution in [0.2, 0.25) is 0 Å². The number of aromatic hydroxyl groups is 1. The molecule has 1 fully saturated rings. The summed E-state index contributed by atoms with van der Waals surface area (Å²) in [7, 11) is 0. The minimum Gasteiger partial charge on any atom is -0.508 e. The number of phenols is 1. The van der Waals surface area contributed by atoms with E-state index in [0.29, 0.717) is 11.7 Å². The van der Waals surface area contributed by atoms with Crippen molar-refractivity contribution in [1.82, 2.24) is 0 Å². The van der Waals surface area contributed by atoms with Crippen molar-refractivity contribution in [3.63, 3.8) is 0 Å². The van der Waals surface area contributed by atoms with Crippen molar-refractivity contribution in [3.8, 4) is 5.75 Å². The smallest absolute Gasteiger partial charge is 0.119 e. The maximum atomic E-state index is 9.80. The maximum Gasteiger partial charge on any atom is 0.119 e. The van der Waals surface area contributed by atoms with Crippen LogP contribution in [0.15, 0.2) is 18.2 Å². The predicted molar refractivity (Wildman–Crippen MR) is 68.0 cm³/mol. The summed E-state index contributed by atoms with van der Waals surface area (Å²) in [6, 6.07) is 6.20. The molecular weight excluding hydrogens is 196 g/mol. The highest BCUT2D eigenvalue weighted by Crippen LogP contribution is 2.36. The fourth-order valence-electron chi connectivity index (χ4n) is 2.73. The third kappa shape index (κ3) is 2.40. The Balaban J connectivity index is 2.24. The van der Waals surface area contributed by atoms with E-state index in [1.807, 2.05) is 6.07 Å². The van der Waals surface area contributed by atoms with E-state index in [2.05, 4.69) is 26.0 Å². The summed E-state index contributed by atoms with van der Waals surface area (Å²) in [6.07, 6.45) is 6.77. The van der Waals surface area contributed by atoms with Gasteiger partial charge in [0, 0.05) is 0 Å². The second kappa shape index (κ2) is 4.90. The summed E-state index contributed by atoms with van der Waals surface area (Å²) in [5.74, 6) is 1.59. The first kappa shape index (κ1) is 11.5. The summed E-state index contributed by atoms with van der Waals surface area (Å²) in [4.78, 5) is 0. The molecule has 1 aliphatic rings. The molecule has 0 spiro atoms. The zero-order valence-electron chi connectivity index (χ0n) is 10.4. The zero-order chi connectivity index (χ0) is 11.5. The molecule has 1 aromatic rings.